The van der Waals surface area contributed by atoms with Crippen LogP contribution < -0.4 is 5.32 Å². The second-order valence-corrected chi connectivity index (χ2v) is 4.87. The maximum atomic E-state index is 13.0. The summed E-state index contributed by atoms with van der Waals surface area (Å²) >= 11 is 1.48. The largest absolute Gasteiger partial charge is 0.379 e. The first-order valence-corrected chi connectivity index (χ1v) is 6.03. The molecule has 16 heavy (non-hydrogen) atoms. The quantitative estimate of drug-likeness (QED) is 0.873. The standard InChI is InChI=1S/C11H11FN2OS/c12-7-1-2-9-10(5-7)16-11(14-9)13-8-3-4-15-6-8/h1-2,5,8H,3-4,6H2,(H,13,14). The molecule has 5 heteroatoms. The van der Waals surface area contributed by atoms with Gasteiger partial charge in [-0.25, -0.2) is 9.37 Å². The SMILES string of the molecule is Fc1ccc2nc(NC3CCOC3)sc2c1. The third-order valence-corrected chi connectivity index (χ3v) is 3.56. The van der Waals surface area contributed by atoms with Gasteiger partial charge in [0.25, 0.3) is 0 Å². The zero-order valence-corrected chi connectivity index (χ0v) is 9.39. The van der Waals surface area contributed by atoms with Gasteiger partial charge in [0.2, 0.25) is 0 Å². The Morgan fingerprint density at radius 1 is 1.50 bits per heavy atom. The predicted molar refractivity (Wildman–Crippen MR) is 62.4 cm³/mol. The topological polar surface area (TPSA) is 34.2 Å². The third-order valence-electron chi connectivity index (χ3n) is 2.61. The van der Waals surface area contributed by atoms with Crippen molar-refractivity contribution in [3.8, 4) is 0 Å². The van der Waals surface area contributed by atoms with E-state index in [1.54, 1.807) is 6.07 Å². The van der Waals surface area contributed by atoms with Crippen molar-refractivity contribution in [2.45, 2.75) is 12.5 Å². The lowest BCUT2D eigenvalue weighted by Crippen LogP contribution is -2.18. The van der Waals surface area contributed by atoms with E-state index < -0.39 is 0 Å². The number of fused-ring (bicyclic) bond motifs is 1. The average Bonchev–Trinajstić information content (AvgIpc) is 2.86. The third kappa shape index (κ3) is 1.88. The van der Waals surface area contributed by atoms with E-state index in [4.69, 9.17) is 4.74 Å². The summed E-state index contributed by atoms with van der Waals surface area (Å²) in [7, 11) is 0. The highest BCUT2D eigenvalue weighted by Gasteiger charge is 2.16. The Morgan fingerprint density at radius 2 is 2.44 bits per heavy atom. The summed E-state index contributed by atoms with van der Waals surface area (Å²) in [4.78, 5) is 4.40. The van der Waals surface area contributed by atoms with Gasteiger partial charge < -0.3 is 10.1 Å². The van der Waals surface area contributed by atoms with Gasteiger partial charge >= 0.3 is 0 Å². The van der Waals surface area contributed by atoms with Crippen LogP contribution in [0.3, 0.4) is 0 Å². The number of aromatic nitrogens is 1. The molecule has 0 aliphatic carbocycles. The Bertz CT molecular complexity index is 508. The maximum Gasteiger partial charge on any atom is 0.184 e. The molecule has 2 heterocycles. The highest BCUT2D eigenvalue weighted by molar-refractivity contribution is 7.22. The molecule has 1 aromatic carbocycles. The van der Waals surface area contributed by atoms with E-state index in [0.29, 0.717) is 6.04 Å². The normalized spacial score (nSPS) is 20.4. The van der Waals surface area contributed by atoms with Crippen molar-refractivity contribution in [2.75, 3.05) is 18.5 Å². The van der Waals surface area contributed by atoms with Crippen molar-refractivity contribution in [1.82, 2.24) is 4.98 Å². The Balaban J connectivity index is 1.86. The van der Waals surface area contributed by atoms with Crippen LogP contribution in [0.4, 0.5) is 9.52 Å². The molecule has 2 aromatic rings. The molecule has 1 fully saturated rings. The fourth-order valence-electron chi connectivity index (χ4n) is 1.78. The summed E-state index contributed by atoms with van der Waals surface area (Å²) in [5, 5.41) is 4.15. The molecule has 3 rings (SSSR count). The molecule has 1 aromatic heterocycles. The summed E-state index contributed by atoms with van der Waals surface area (Å²) < 4.78 is 19.1. The van der Waals surface area contributed by atoms with E-state index in [9.17, 15) is 4.39 Å². The molecule has 84 valence electrons. The van der Waals surface area contributed by atoms with Crippen LogP contribution in [-0.4, -0.2) is 24.2 Å². The smallest absolute Gasteiger partial charge is 0.184 e. The molecule has 0 saturated carbocycles. The first-order chi connectivity index (χ1) is 7.81. The van der Waals surface area contributed by atoms with Crippen LogP contribution in [0, 0.1) is 5.82 Å². The number of nitrogens with one attached hydrogen (secondary N) is 1. The van der Waals surface area contributed by atoms with Crippen LogP contribution in [0.25, 0.3) is 10.2 Å². The highest BCUT2D eigenvalue weighted by Crippen LogP contribution is 2.27. The van der Waals surface area contributed by atoms with Crippen LogP contribution in [0.2, 0.25) is 0 Å². The van der Waals surface area contributed by atoms with Crippen molar-refractivity contribution in [2.24, 2.45) is 0 Å². The minimum absolute atomic E-state index is 0.216. The molecule has 1 atom stereocenters. The molecule has 1 aliphatic rings. The van der Waals surface area contributed by atoms with E-state index >= 15 is 0 Å². The molecule has 3 nitrogen and oxygen atoms in total. The summed E-state index contributed by atoms with van der Waals surface area (Å²) in [5.41, 5.74) is 0.841. The zero-order valence-electron chi connectivity index (χ0n) is 8.57. The number of anilines is 1. The van der Waals surface area contributed by atoms with E-state index in [-0.39, 0.29) is 5.82 Å². The van der Waals surface area contributed by atoms with E-state index in [0.717, 1.165) is 35.0 Å². The lowest BCUT2D eigenvalue weighted by atomic mass is 10.3. The van der Waals surface area contributed by atoms with Gasteiger partial charge in [-0.05, 0) is 24.6 Å². The summed E-state index contributed by atoms with van der Waals surface area (Å²) in [6.45, 7) is 1.53. The molecule has 1 saturated heterocycles. The molecule has 0 amide bonds. The maximum absolute atomic E-state index is 13.0. The first kappa shape index (κ1) is 9.99. The fourth-order valence-corrected chi connectivity index (χ4v) is 2.75. The monoisotopic (exact) mass is 238 g/mol. The van der Waals surface area contributed by atoms with E-state index in [2.05, 4.69) is 10.3 Å². The molecule has 0 radical (unpaired) electrons. The van der Waals surface area contributed by atoms with Crippen molar-refractivity contribution < 1.29 is 9.13 Å². The average molecular weight is 238 g/mol. The van der Waals surface area contributed by atoms with Crippen LogP contribution in [-0.2, 0) is 4.74 Å². The number of halogens is 1. The molecule has 1 unspecified atom stereocenters. The van der Waals surface area contributed by atoms with E-state index in [1.807, 2.05) is 0 Å². The molecular formula is C11H11FN2OS. The van der Waals surface area contributed by atoms with Gasteiger partial charge in [-0.15, -0.1) is 0 Å². The molecule has 0 spiro atoms. The number of ether oxygens (including phenoxy) is 1. The van der Waals surface area contributed by atoms with Gasteiger partial charge in [-0.2, -0.15) is 0 Å². The van der Waals surface area contributed by atoms with Crippen molar-refractivity contribution in [1.29, 1.82) is 0 Å². The van der Waals surface area contributed by atoms with Gasteiger partial charge in [-0.1, -0.05) is 11.3 Å². The van der Waals surface area contributed by atoms with Crippen LogP contribution in [0.1, 0.15) is 6.42 Å². The van der Waals surface area contributed by atoms with Crippen molar-refractivity contribution in [3.63, 3.8) is 0 Å². The second-order valence-electron chi connectivity index (χ2n) is 3.84. The molecule has 1 aliphatic heterocycles. The Hall–Kier alpha value is -1.20. The predicted octanol–water partition coefficient (Wildman–Crippen LogP) is 2.64. The summed E-state index contributed by atoms with van der Waals surface area (Å²) in [6.07, 6.45) is 1.00. The Labute approximate surface area is 96.3 Å². The van der Waals surface area contributed by atoms with Crippen molar-refractivity contribution >= 4 is 26.7 Å². The molecule has 0 bridgehead atoms. The summed E-state index contributed by atoms with van der Waals surface area (Å²) in [5.74, 6) is -0.216. The van der Waals surface area contributed by atoms with Crippen LogP contribution >= 0.6 is 11.3 Å². The van der Waals surface area contributed by atoms with Gasteiger partial charge in [0.05, 0.1) is 22.9 Å². The lowest BCUT2D eigenvalue weighted by Gasteiger charge is -2.07. The minimum Gasteiger partial charge on any atom is -0.379 e. The van der Waals surface area contributed by atoms with Gasteiger partial charge in [-0.3, -0.25) is 0 Å². The number of benzene rings is 1. The Kier molecular flexibility index (Phi) is 2.49. The first-order valence-electron chi connectivity index (χ1n) is 5.21. The number of hydrogen-bond acceptors (Lipinski definition) is 4. The highest BCUT2D eigenvalue weighted by atomic mass is 32.1. The van der Waals surface area contributed by atoms with E-state index in [1.165, 1.54) is 23.5 Å². The number of thiazole rings is 1. The van der Waals surface area contributed by atoms with Gasteiger partial charge in [0.15, 0.2) is 5.13 Å². The molecular weight excluding hydrogens is 227 g/mol. The van der Waals surface area contributed by atoms with Crippen LogP contribution in [0.5, 0.6) is 0 Å². The van der Waals surface area contributed by atoms with Gasteiger partial charge in [0.1, 0.15) is 5.82 Å². The Morgan fingerprint density at radius 3 is 3.25 bits per heavy atom. The van der Waals surface area contributed by atoms with Crippen LogP contribution in [0.15, 0.2) is 18.2 Å². The number of rotatable bonds is 2. The zero-order chi connectivity index (χ0) is 11.0. The lowest BCUT2D eigenvalue weighted by molar-refractivity contribution is 0.195. The van der Waals surface area contributed by atoms with Gasteiger partial charge in [0, 0.05) is 6.61 Å². The van der Waals surface area contributed by atoms with Crippen molar-refractivity contribution in [3.05, 3.63) is 24.0 Å². The number of hydrogen-bond donors (Lipinski definition) is 1. The fraction of sp³-hybridized carbons (Fsp3) is 0.364. The summed E-state index contributed by atoms with van der Waals surface area (Å²) in [6, 6.07) is 5.00. The number of nitrogens with zero attached hydrogens (tertiary/aromatic N) is 1. The molecule has 1 N–H and O–H groups in total. The minimum atomic E-state index is -0.216. The second kappa shape index (κ2) is 3.99.